The van der Waals surface area contributed by atoms with Gasteiger partial charge in [0.1, 0.15) is 11.4 Å². The minimum atomic E-state index is -0.534. The van der Waals surface area contributed by atoms with Gasteiger partial charge in [0.2, 0.25) is 0 Å². The fraction of sp³-hybridized carbons (Fsp3) is 0.562. The molecule has 1 amide bonds. The van der Waals surface area contributed by atoms with Crippen molar-refractivity contribution in [1.29, 1.82) is 0 Å². The fourth-order valence-corrected chi connectivity index (χ4v) is 1.92. The molecule has 0 saturated carbocycles. The van der Waals surface area contributed by atoms with Gasteiger partial charge in [-0.1, -0.05) is 13.3 Å². The number of amides is 1. The van der Waals surface area contributed by atoms with Crippen LogP contribution in [0.4, 0.5) is 16.2 Å². The zero-order valence-electron chi connectivity index (χ0n) is 14.0. The van der Waals surface area contributed by atoms with Crippen LogP contribution in [0.5, 0.6) is 5.75 Å². The largest absolute Gasteiger partial charge is 0.493 e. The second-order valence-electron chi connectivity index (χ2n) is 5.30. The second-order valence-corrected chi connectivity index (χ2v) is 5.30. The van der Waals surface area contributed by atoms with E-state index in [1.165, 1.54) is 12.1 Å². The Bertz CT molecular complexity index is 536. The van der Waals surface area contributed by atoms with Crippen LogP contribution in [0.1, 0.15) is 39.0 Å². The maximum absolute atomic E-state index is 11.3. The molecule has 3 N–H and O–H groups in total. The number of nitro groups is 1. The number of alkyl carbamates (subject to hydrolysis) is 1. The predicted molar refractivity (Wildman–Crippen MR) is 91.1 cm³/mol. The molecular formula is C16H25N3O5. The number of nitrogens with one attached hydrogen (secondary N) is 1. The first kappa shape index (κ1) is 19.5. The van der Waals surface area contributed by atoms with Crippen LogP contribution in [0.2, 0.25) is 0 Å². The first-order valence-corrected chi connectivity index (χ1v) is 8.12. The number of ether oxygens (including phenoxy) is 2. The molecule has 0 unspecified atom stereocenters. The third-order valence-corrected chi connectivity index (χ3v) is 3.29. The van der Waals surface area contributed by atoms with Crippen molar-refractivity contribution >= 4 is 17.5 Å². The van der Waals surface area contributed by atoms with Gasteiger partial charge in [0.15, 0.2) is 0 Å². The number of carbonyl (C=O) groups excluding carboxylic acids is 1. The molecule has 0 aliphatic rings. The summed E-state index contributed by atoms with van der Waals surface area (Å²) in [7, 11) is 0. The van der Waals surface area contributed by atoms with E-state index in [1.807, 2.05) is 6.92 Å². The third-order valence-electron chi connectivity index (χ3n) is 3.29. The molecule has 0 aliphatic heterocycles. The van der Waals surface area contributed by atoms with Crippen LogP contribution in [0.3, 0.4) is 0 Å². The lowest BCUT2D eigenvalue weighted by atomic mass is 10.2. The average molecular weight is 339 g/mol. The number of rotatable bonds is 11. The molecule has 0 spiro atoms. The van der Waals surface area contributed by atoms with Gasteiger partial charge in [-0.3, -0.25) is 10.1 Å². The number of carbonyl (C=O) groups is 1. The molecule has 1 rings (SSSR count). The van der Waals surface area contributed by atoms with Gasteiger partial charge in [-0.05, 0) is 37.8 Å². The number of hydrogen-bond acceptors (Lipinski definition) is 6. The fourth-order valence-electron chi connectivity index (χ4n) is 1.92. The topological polar surface area (TPSA) is 117 Å². The van der Waals surface area contributed by atoms with Crippen LogP contribution >= 0.6 is 0 Å². The summed E-state index contributed by atoms with van der Waals surface area (Å²) in [5.74, 6) is 0.425. The first-order chi connectivity index (χ1) is 11.5. The first-order valence-electron chi connectivity index (χ1n) is 8.12. The zero-order valence-corrected chi connectivity index (χ0v) is 14.0. The van der Waals surface area contributed by atoms with Crippen molar-refractivity contribution in [2.75, 3.05) is 25.5 Å². The van der Waals surface area contributed by atoms with E-state index < -0.39 is 4.92 Å². The Morgan fingerprint density at radius 2 is 2.04 bits per heavy atom. The molecule has 0 heterocycles. The number of unbranched alkanes of at least 4 members (excludes halogenated alkanes) is 3. The van der Waals surface area contributed by atoms with Crippen molar-refractivity contribution < 1.29 is 19.2 Å². The van der Waals surface area contributed by atoms with Gasteiger partial charge >= 0.3 is 6.09 Å². The summed E-state index contributed by atoms with van der Waals surface area (Å²) in [4.78, 5) is 21.5. The van der Waals surface area contributed by atoms with E-state index in [9.17, 15) is 14.9 Å². The molecule has 0 saturated heterocycles. The van der Waals surface area contributed by atoms with Crippen molar-refractivity contribution in [1.82, 2.24) is 5.32 Å². The molecule has 8 heteroatoms. The molecule has 0 aliphatic carbocycles. The van der Waals surface area contributed by atoms with Crippen molar-refractivity contribution in [3.63, 3.8) is 0 Å². The predicted octanol–water partition coefficient (Wildman–Crippen LogP) is 3.25. The Labute approximate surface area is 141 Å². The van der Waals surface area contributed by atoms with Crippen LogP contribution in [-0.4, -0.2) is 30.8 Å². The van der Waals surface area contributed by atoms with Gasteiger partial charge in [0.05, 0.1) is 24.2 Å². The van der Waals surface area contributed by atoms with Crippen LogP contribution in [-0.2, 0) is 4.74 Å². The van der Waals surface area contributed by atoms with E-state index in [2.05, 4.69) is 5.32 Å². The highest BCUT2D eigenvalue weighted by Gasteiger charge is 2.12. The van der Waals surface area contributed by atoms with E-state index in [-0.39, 0.29) is 17.5 Å². The van der Waals surface area contributed by atoms with Gasteiger partial charge in [-0.15, -0.1) is 0 Å². The summed E-state index contributed by atoms with van der Waals surface area (Å²) in [6.45, 7) is 3.48. The number of hydrogen-bond donors (Lipinski definition) is 2. The Morgan fingerprint density at radius 1 is 1.25 bits per heavy atom. The number of anilines is 1. The van der Waals surface area contributed by atoms with Crippen LogP contribution in [0.25, 0.3) is 0 Å². The van der Waals surface area contributed by atoms with E-state index in [0.717, 1.165) is 32.1 Å². The van der Waals surface area contributed by atoms with Gasteiger partial charge in [-0.25, -0.2) is 4.79 Å². The average Bonchev–Trinajstić information content (AvgIpc) is 2.55. The third kappa shape index (κ3) is 7.66. The Kier molecular flexibility index (Phi) is 9.03. The summed E-state index contributed by atoms with van der Waals surface area (Å²) < 4.78 is 10.4. The summed E-state index contributed by atoms with van der Waals surface area (Å²) >= 11 is 0. The van der Waals surface area contributed by atoms with Gasteiger partial charge in [0, 0.05) is 6.54 Å². The lowest BCUT2D eigenvalue weighted by molar-refractivity contribution is -0.384. The Hall–Kier alpha value is -2.51. The molecule has 1 aromatic carbocycles. The molecule has 0 atom stereocenters. The van der Waals surface area contributed by atoms with E-state index >= 15 is 0 Å². The van der Waals surface area contributed by atoms with E-state index in [4.69, 9.17) is 15.2 Å². The highest BCUT2D eigenvalue weighted by Crippen LogP contribution is 2.26. The van der Waals surface area contributed by atoms with Crippen LogP contribution < -0.4 is 15.8 Å². The Balaban J connectivity index is 2.11. The molecule has 134 valence electrons. The van der Waals surface area contributed by atoms with Gasteiger partial charge < -0.3 is 20.5 Å². The van der Waals surface area contributed by atoms with Crippen LogP contribution in [0, 0.1) is 10.1 Å². The molecular weight excluding hydrogens is 314 g/mol. The Morgan fingerprint density at radius 3 is 2.75 bits per heavy atom. The summed E-state index contributed by atoms with van der Waals surface area (Å²) in [6, 6.07) is 4.39. The van der Waals surface area contributed by atoms with E-state index in [1.54, 1.807) is 6.07 Å². The SMILES string of the molecule is CCCCOC(=O)NCCCCCOc1ccc(N)c([N+](=O)[O-])c1. The van der Waals surface area contributed by atoms with Crippen molar-refractivity contribution in [3.8, 4) is 5.75 Å². The molecule has 0 radical (unpaired) electrons. The number of nitrogen functional groups attached to an aromatic ring is 1. The lowest BCUT2D eigenvalue weighted by Gasteiger charge is -2.08. The highest BCUT2D eigenvalue weighted by atomic mass is 16.6. The van der Waals surface area contributed by atoms with Crippen molar-refractivity contribution in [2.24, 2.45) is 0 Å². The number of benzene rings is 1. The molecule has 8 nitrogen and oxygen atoms in total. The summed E-state index contributed by atoms with van der Waals surface area (Å²) in [5, 5.41) is 13.5. The summed E-state index contributed by atoms with van der Waals surface area (Å²) in [6.07, 6.45) is 3.94. The van der Waals surface area contributed by atoms with Gasteiger partial charge in [-0.2, -0.15) is 0 Å². The van der Waals surface area contributed by atoms with Gasteiger partial charge in [0.25, 0.3) is 5.69 Å². The number of nitro benzene ring substituents is 1. The highest BCUT2D eigenvalue weighted by molar-refractivity contribution is 5.66. The maximum atomic E-state index is 11.3. The van der Waals surface area contributed by atoms with Crippen molar-refractivity contribution in [3.05, 3.63) is 28.3 Å². The molecule has 1 aromatic rings. The number of nitrogens with two attached hydrogens (primary N) is 1. The molecule has 24 heavy (non-hydrogen) atoms. The lowest BCUT2D eigenvalue weighted by Crippen LogP contribution is -2.25. The van der Waals surface area contributed by atoms with Crippen molar-refractivity contribution in [2.45, 2.75) is 39.0 Å². The monoisotopic (exact) mass is 339 g/mol. The van der Waals surface area contributed by atoms with Crippen LogP contribution in [0.15, 0.2) is 18.2 Å². The molecule has 0 fully saturated rings. The number of nitrogens with zero attached hydrogens (tertiary/aromatic N) is 1. The minimum Gasteiger partial charge on any atom is -0.493 e. The van der Waals surface area contributed by atoms with E-state index in [0.29, 0.717) is 25.5 Å². The summed E-state index contributed by atoms with van der Waals surface area (Å²) in [5.41, 5.74) is 5.48. The normalized spacial score (nSPS) is 10.2. The standard InChI is InChI=1S/C16H25N3O5/c1-2-3-10-24-16(20)18-9-5-4-6-11-23-13-7-8-14(17)15(12-13)19(21)22/h7-8,12H,2-6,9-11,17H2,1H3,(H,18,20). The quantitative estimate of drug-likeness (QED) is 0.276. The molecule has 0 aromatic heterocycles. The minimum absolute atomic E-state index is 0.115. The second kappa shape index (κ2) is 11.1. The maximum Gasteiger partial charge on any atom is 0.407 e. The zero-order chi connectivity index (χ0) is 17.8. The smallest absolute Gasteiger partial charge is 0.407 e. The molecule has 0 bridgehead atoms.